The molecule has 0 amide bonds. The van der Waals surface area contributed by atoms with Gasteiger partial charge in [-0.2, -0.15) is 0 Å². The molecular weight excluding hydrogens is 406 g/mol. The van der Waals surface area contributed by atoms with Crippen LogP contribution in [-0.4, -0.2) is 65.8 Å². The maximum atomic E-state index is 11.9. The van der Waals surface area contributed by atoms with Crippen LogP contribution in [0.3, 0.4) is 0 Å². The number of benzene rings is 2. The average Bonchev–Trinajstić information content (AvgIpc) is 3.18. The fourth-order valence-electron chi connectivity index (χ4n) is 7.47. The summed E-state index contributed by atoms with van der Waals surface area (Å²) in [6.07, 6.45) is -0.250. The first-order valence-corrected chi connectivity index (χ1v) is 11.6. The molecule has 2 heterocycles. The number of aliphatic hydroxyl groups excluding tert-OH is 3. The first-order chi connectivity index (χ1) is 15.5. The van der Waals surface area contributed by atoms with Gasteiger partial charge in [0.05, 0.1) is 25.2 Å². The zero-order valence-corrected chi connectivity index (χ0v) is 18.6. The van der Waals surface area contributed by atoms with Crippen LogP contribution in [0.2, 0.25) is 0 Å². The highest BCUT2D eigenvalue weighted by atomic mass is 16.5. The third-order valence-electron chi connectivity index (χ3n) is 9.08. The monoisotopic (exact) mass is 437 g/mol. The third kappa shape index (κ3) is 2.34. The molecule has 3 N–H and O–H groups in total. The molecule has 6 nitrogen and oxygen atoms in total. The van der Waals surface area contributed by atoms with E-state index in [0.717, 1.165) is 25.1 Å². The van der Waals surface area contributed by atoms with Crippen LogP contribution in [0.25, 0.3) is 0 Å². The minimum atomic E-state index is -1.11. The largest absolute Gasteiger partial charge is 0.493 e. The third-order valence-corrected chi connectivity index (χ3v) is 9.08. The molecule has 2 aromatic rings. The number of rotatable bonds is 4. The Bertz CT molecular complexity index is 1040. The Hall–Kier alpha value is -2.12. The number of hydrogen-bond donors (Lipinski definition) is 3. The summed E-state index contributed by atoms with van der Waals surface area (Å²) in [6.45, 7) is 0.616. The van der Waals surface area contributed by atoms with Crippen molar-refractivity contribution in [2.45, 2.75) is 49.0 Å². The summed E-state index contributed by atoms with van der Waals surface area (Å²) in [5.74, 6) is 1.58. The Balaban J connectivity index is 1.54. The van der Waals surface area contributed by atoms with Gasteiger partial charge in [0.2, 0.25) is 0 Å². The lowest BCUT2D eigenvalue weighted by atomic mass is 9.46. The number of aliphatic hydroxyl groups is 3. The zero-order valence-electron chi connectivity index (χ0n) is 18.6. The predicted molar refractivity (Wildman–Crippen MR) is 119 cm³/mol. The second kappa shape index (κ2) is 6.94. The number of likely N-dealkylation sites (N-methyl/N-ethyl adjacent to an activating group) is 1. The number of nitrogens with zero attached hydrogens (tertiary/aromatic N) is 1. The zero-order chi connectivity index (χ0) is 22.3. The van der Waals surface area contributed by atoms with E-state index in [4.69, 9.17) is 9.47 Å². The van der Waals surface area contributed by atoms with Crippen molar-refractivity contribution in [3.63, 3.8) is 0 Å². The summed E-state index contributed by atoms with van der Waals surface area (Å²) < 4.78 is 12.2. The van der Waals surface area contributed by atoms with E-state index in [0.29, 0.717) is 17.7 Å². The van der Waals surface area contributed by atoms with Gasteiger partial charge in [-0.05, 0) is 56.0 Å². The van der Waals surface area contributed by atoms with Crippen molar-refractivity contribution in [1.29, 1.82) is 0 Å². The maximum Gasteiger partial charge on any atom is 0.165 e. The van der Waals surface area contributed by atoms with Gasteiger partial charge >= 0.3 is 0 Å². The standard InChI is InChI=1S/C26H31NO5/c1-27-11-10-26-17-13-25(14-28,22(29)15-6-4-3-5-7-15)23(30)24(26)32-21-19(31-2)9-8-16(20(21)26)12-18(17)27/h3-9,17-18,22-24,28-30H,10-14H2,1-2H3/t17-,18+,22?,23?,24?,25?,26-/m0/s1. The van der Waals surface area contributed by atoms with Crippen molar-refractivity contribution in [2.24, 2.45) is 11.3 Å². The van der Waals surface area contributed by atoms with Crippen LogP contribution in [0.15, 0.2) is 42.5 Å². The van der Waals surface area contributed by atoms with Gasteiger partial charge in [0.1, 0.15) is 12.2 Å². The van der Waals surface area contributed by atoms with Gasteiger partial charge in [-0.1, -0.05) is 36.4 Å². The van der Waals surface area contributed by atoms with Gasteiger partial charge in [0.15, 0.2) is 11.5 Å². The van der Waals surface area contributed by atoms with Gasteiger partial charge < -0.3 is 29.7 Å². The number of hydrogen-bond acceptors (Lipinski definition) is 6. The Labute approximate surface area is 188 Å². The molecule has 1 saturated heterocycles. The fourth-order valence-corrected chi connectivity index (χ4v) is 7.47. The normalized spacial score (nSPS) is 38.0. The van der Waals surface area contributed by atoms with E-state index in [1.807, 2.05) is 36.4 Å². The number of ether oxygens (including phenoxy) is 2. The first-order valence-electron chi connectivity index (χ1n) is 11.6. The molecule has 170 valence electrons. The summed E-state index contributed by atoms with van der Waals surface area (Å²) in [7, 11) is 3.81. The predicted octanol–water partition coefficient (Wildman–Crippen LogP) is 2.05. The van der Waals surface area contributed by atoms with Crippen molar-refractivity contribution in [3.05, 3.63) is 59.2 Å². The van der Waals surface area contributed by atoms with Crippen molar-refractivity contribution in [1.82, 2.24) is 4.90 Å². The second-order valence-electron chi connectivity index (χ2n) is 10.2. The van der Waals surface area contributed by atoms with Crippen LogP contribution in [0, 0.1) is 11.3 Å². The molecule has 2 bridgehead atoms. The quantitative estimate of drug-likeness (QED) is 0.679. The minimum Gasteiger partial charge on any atom is -0.493 e. The summed E-state index contributed by atoms with van der Waals surface area (Å²) in [5, 5.41) is 34.1. The van der Waals surface area contributed by atoms with E-state index in [2.05, 4.69) is 18.0 Å². The number of piperidine rings is 1. The highest BCUT2D eigenvalue weighted by Gasteiger charge is 2.71. The molecule has 2 fully saturated rings. The van der Waals surface area contributed by atoms with E-state index in [-0.39, 0.29) is 24.0 Å². The van der Waals surface area contributed by atoms with E-state index in [1.54, 1.807) is 7.11 Å². The van der Waals surface area contributed by atoms with Gasteiger partial charge in [-0.25, -0.2) is 0 Å². The van der Waals surface area contributed by atoms with Gasteiger partial charge in [-0.15, -0.1) is 0 Å². The van der Waals surface area contributed by atoms with Crippen molar-refractivity contribution < 1.29 is 24.8 Å². The van der Waals surface area contributed by atoms with Gasteiger partial charge in [0.25, 0.3) is 0 Å². The highest BCUT2D eigenvalue weighted by molar-refractivity contribution is 5.61. The molecule has 1 saturated carbocycles. The molecule has 32 heavy (non-hydrogen) atoms. The van der Waals surface area contributed by atoms with Crippen LogP contribution < -0.4 is 9.47 Å². The van der Waals surface area contributed by atoms with E-state index < -0.39 is 23.7 Å². The van der Waals surface area contributed by atoms with Crippen LogP contribution in [0.1, 0.15) is 35.6 Å². The fraction of sp³-hybridized carbons (Fsp3) is 0.538. The molecule has 4 aliphatic rings. The summed E-state index contributed by atoms with van der Waals surface area (Å²) in [4.78, 5) is 2.41. The van der Waals surface area contributed by atoms with Crippen molar-refractivity contribution in [2.75, 3.05) is 27.3 Å². The maximum absolute atomic E-state index is 11.9. The Morgan fingerprint density at radius 3 is 2.72 bits per heavy atom. The lowest BCUT2D eigenvalue weighted by Crippen LogP contribution is -2.71. The molecular formula is C26H31NO5. The molecule has 4 unspecified atom stereocenters. The van der Waals surface area contributed by atoms with Crippen LogP contribution in [-0.2, 0) is 11.8 Å². The molecule has 2 aromatic carbocycles. The van der Waals surface area contributed by atoms with E-state index >= 15 is 0 Å². The highest BCUT2D eigenvalue weighted by Crippen LogP contribution is 2.67. The molecule has 6 heteroatoms. The molecule has 2 aliphatic heterocycles. The summed E-state index contributed by atoms with van der Waals surface area (Å²) in [6, 6.07) is 13.7. The minimum absolute atomic E-state index is 0.154. The molecule has 1 spiro atoms. The molecule has 0 radical (unpaired) electrons. The van der Waals surface area contributed by atoms with Crippen molar-refractivity contribution >= 4 is 0 Å². The van der Waals surface area contributed by atoms with E-state index in [9.17, 15) is 15.3 Å². The SMILES string of the molecule is COc1ccc2c3c1OC1C(O)C(CO)(C(O)c4ccccc4)C[C@H]4[C@@H](C2)N(C)CC[C@]314. The topological polar surface area (TPSA) is 82.4 Å². The number of likely N-dealkylation sites (tertiary alicyclic amines) is 1. The van der Waals surface area contributed by atoms with Crippen LogP contribution in [0.4, 0.5) is 0 Å². The van der Waals surface area contributed by atoms with E-state index in [1.165, 1.54) is 11.1 Å². The summed E-state index contributed by atoms with van der Waals surface area (Å²) >= 11 is 0. The van der Waals surface area contributed by atoms with Gasteiger partial charge in [0, 0.05) is 17.0 Å². The Morgan fingerprint density at radius 1 is 1.22 bits per heavy atom. The van der Waals surface area contributed by atoms with Crippen LogP contribution >= 0.6 is 0 Å². The lowest BCUT2D eigenvalue weighted by Gasteiger charge is -2.63. The average molecular weight is 438 g/mol. The number of methoxy groups -OCH3 is 1. The van der Waals surface area contributed by atoms with Crippen LogP contribution in [0.5, 0.6) is 11.5 Å². The second-order valence-corrected chi connectivity index (χ2v) is 10.2. The molecule has 6 rings (SSSR count). The molecule has 0 aromatic heterocycles. The molecule has 7 atom stereocenters. The molecule has 2 aliphatic carbocycles. The lowest BCUT2D eigenvalue weighted by molar-refractivity contribution is -0.210. The first kappa shape index (κ1) is 20.5. The summed E-state index contributed by atoms with van der Waals surface area (Å²) in [5.41, 5.74) is 1.73. The Morgan fingerprint density at radius 2 is 2.00 bits per heavy atom. The van der Waals surface area contributed by atoms with Crippen molar-refractivity contribution in [3.8, 4) is 11.5 Å². The van der Waals surface area contributed by atoms with Gasteiger partial charge in [-0.3, -0.25) is 0 Å². The Kier molecular flexibility index (Phi) is 4.44. The smallest absolute Gasteiger partial charge is 0.165 e.